The van der Waals surface area contributed by atoms with E-state index >= 15 is 0 Å². The van der Waals surface area contributed by atoms with Gasteiger partial charge in [0, 0.05) is 19.0 Å². The molecule has 0 spiro atoms. The maximum atomic E-state index is 4.35. The summed E-state index contributed by atoms with van der Waals surface area (Å²) in [6.45, 7) is 5.10. The lowest BCUT2D eigenvalue weighted by Crippen LogP contribution is -2.29. The third-order valence-corrected chi connectivity index (χ3v) is 3.73. The maximum absolute atomic E-state index is 4.35. The number of aryl methyl sites for hydroxylation is 3. The zero-order valence-electron chi connectivity index (χ0n) is 12.6. The molecule has 1 unspecified atom stereocenters. The van der Waals surface area contributed by atoms with Crippen molar-refractivity contribution in [3.05, 3.63) is 47.5 Å². The van der Waals surface area contributed by atoms with Crippen molar-refractivity contribution in [3.63, 3.8) is 0 Å². The molecule has 108 valence electrons. The normalized spacial score (nSPS) is 12.6. The van der Waals surface area contributed by atoms with Gasteiger partial charge in [0.05, 0.1) is 0 Å². The highest BCUT2D eigenvalue weighted by Crippen LogP contribution is 2.10. The molecule has 0 aliphatic carbocycles. The highest BCUT2D eigenvalue weighted by molar-refractivity contribution is 5.21. The highest BCUT2D eigenvalue weighted by atomic mass is 15.3. The minimum atomic E-state index is 0.436. The lowest BCUT2D eigenvalue weighted by Gasteiger charge is -2.16. The Morgan fingerprint density at radius 3 is 2.65 bits per heavy atom. The van der Waals surface area contributed by atoms with Crippen molar-refractivity contribution in [2.24, 2.45) is 0 Å². The molecule has 0 amide bonds. The molecule has 1 N–H and O–H groups in total. The fraction of sp³-hybridized carbons (Fsp3) is 0.500. The molecule has 0 saturated heterocycles. The molecule has 0 saturated carbocycles. The van der Waals surface area contributed by atoms with Gasteiger partial charge in [-0.2, -0.15) is 5.10 Å². The van der Waals surface area contributed by atoms with E-state index in [0.29, 0.717) is 6.04 Å². The zero-order valence-corrected chi connectivity index (χ0v) is 12.6. The summed E-state index contributed by atoms with van der Waals surface area (Å²) in [6, 6.07) is 9.23. The fourth-order valence-electron chi connectivity index (χ4n) is 2.37. The Bertz CT molecular complexity index is 516. The SMILES string of the molecule is CCn1ncnc1CC(CCc1ccc(C)cc1)NC. The molecule has 0 fully saturated rings. The van der Waals surface area contributed by atoms with E-state index in [1.807, 2.05) is 11.7 Å². The molecule has 0 bridgehead atoms. The summed E-state index contributed by atoms with van der Waals surface area (Å²) in [5.74, 6) is 1.07. The molecule has 0 radical (unpaired) electrons. The molecule has 2 aromatic rings. The largest absolute Gasteiger partial charge is 0.317 e. The van der Waals surface area contributed by atoms with Crippen LogP contribution in [0.1, 0.15) is 30.3 Å². The Morgan fingerprint density at radius 1 is 1.25 bits per heavy atom. The van der Waals surface area contributed by atoms with Crippen LogP contribution >= 0.6 is 0 Å². The lowest BCUT2D eigenvalue weighted by molar-refractivity contribution is 0.488. The third kappa shape index (κ3) is 3.90. The summed E-state index contributed by atoms with van der Waals surface area (Å²) in [7, 11) is 2.02. The molecule has 20 heavy (non-hydrogen) atoms. The van der Waals surface area contributed by atoms with Crippen LogP contribution in [-0.2, 0) is 19.4 Å². The molecule has 0 aliphatic rings. The van der Waals surface area contributed by atoms with Gasteiger partial charge < -0.3 is 5.32 Å². The molecule has 1 heterocycles. The predicted octanol–water partition coefficient (Wildman–Crippen LogP) is 2.37. The highest BCUT2D eigenvalue weighted by Gasteiger charge is 2.11. The van der Waals surface area contributed by atoms with Gasteiger partial charge in [-0.3, -0.25) is 4.68 Å². The first-order valence-electron chi connectivity index (χ1n) is 7.32. The second kappa shape index (κ2) is 7.20. The summed E-state index contributed by atoms with van der Waals surface area (Å²) in [5, 5.41) is 7.62. The number of aromatic nitrogens is 3. The Hall–Kier alpha value is -1.68. The second-order valence-electron chi connectivity index (χ2n) is 5.21. The minimum absolute atomic E-state index is 0.436. The van der Waals surface area contributed by atoms with Gasteiger partial charge in [0.25, 0.3) is 0 Å². The summed E-state index contributed by atoms with van der Waals surface area (Å²) >= 11 is 0. The summed E-state index contributed by atoms with van der Waals surface area (Å²) in [4.78, 5) is 4.35. The van der Waals surface area contributed by atoms with E-state index in [4.69, 9.17) is 0 Å². The Labute approximate surface area is 121 Å². The van der Waals surface area contributed by atoms with E-state index in [-0.39, 0.29) is 0 Å². The first-order valence-corrected chi connectivity index (χ1v) is 7.32. The molecule has 1 aromatic carbocycles. The number of rotatable bonds is 7. The van der Waals surface area contributed by atoms with E-state index in [1.165, 1.54) is 11.1 Å². The van der Waals surface area contributed by atoms with E-state index in [9.17, 15) is 0 Å². The number of benzene rings is 1. The lowest BCUT2D eigenvalue weighted by atomic mass is 10.0. The number of likely N-dealkylation sites (N-methyl/N-ethyl adjacent to an activating group) is 1. The standard InChI is InChI=1S/C16H24N4/c1-4-20-16(18-12-19-20)11-15(17-3)10-9-14-7-5-13(2)6-8-14/h5-8,12,15,17H,4,9-11H2,1-3H3. The number of hydrogen-bond acceptors (Lipinski definition) is 3. The van der Waals surface area contributed by atoms with Gasteiger partial charge in [-0.05, 0) is 39.3 Å². The molecular weight excluding hydrogens is 248 g/mol. The van der Waals surface area contributed by atoms with Crippen molar-refractivity contribution in [3.8, 4) is 0 Å². The molecule has 4 nitrogen and oxygen atoms in total. The van der Waals surface area contributed by atoms with E-state index in [0.717, 1.165) is 31.6 Å². The molecule has 0 aliphatic heterocycles. The van der Waals surface area contributed by atoms with Crippen LogP contribution in [-0.4, -0.2) is 27.9 Å². The number of hydrogen-bond donors (Lipinski definition) is 1. The Balaban J connectivity index is 1.90. The average molecular weight is 272 g/mol. The van der Waals surface area contributed by atoms with Gasteiger partial charge in [0.1, 0.15) is 12.2 Å². The van der Waals surface area contributed by atoms with Gasteiger partial charge in [-0.1, -0.05) is 29.8 Å². The van der Waals surface area contributed by atoms with Gasteiger partial charge in [-0.15, -0.1) is 0 Å². The molecule has 4 heteroatoms. The van der Waals surface area contributed by atoms with Crippen LogP contribution in [0.2, 0.25) is 0 Å². The van der Waals surface area contributed by atoms with E-state index in [1.54, 1.807) is 6.33 Å². The first kappa shape index (κ1) is 14.7. The van der Waals surface area contributed by atoms with Crippen molar-refractivity contribution in [2.75, 3.05) is 7.05 Å². The van der Waals surface area contributed by atoms with Crippen LogP contribution in [0.3, 0.4) is 0 Å². The van der Waals surface area contributed by atoms with Crippen LogP contribution in [0, 0.1) is 6.92 Å². The second-order valence-corrected chi connectivity index (χ2v) is 5.21. The number of nitrogens with one attached hydrogen (secondary N) is 1. The summed E-state index contributed by atoms with van der Waals surface area (Å²) in [5.41, 5.74) is 2.71. The van der Waals surface area contributed by atoms with Crippen molar-refractivity contribution in [1.82, 2.24) is 20.1 Å². The van der Waals surface area contributed by atoms with Crippen molar-refractivity contribution >= 4 is 0 Å². The Kier molecular flexibility index (Phi) is 5.30. The summed E-state index contributed by atoms with van der Waals surface area (Å²) in [6.07, 6.45) is 4.77. The molecule has 1 atom stereocenters. The van der Waals surface area contributed by atoms with Gasteiger partial charge >= 0.3 is 0 Å². The zero-order chi connectivity index (χ0) is 14.4. The Morgan fingerprint density at radius 2 is 2.00 bits per heavy atom. The average Bonchev–Trinajstić information content (AvgIpc) is 2.92. The summed E-state index contributed by atoms with van der Waals surface area (Å²) < 4.78 is 1.97. The van der Waals surface area contributed by atoms with Gasteiger partial charge in [0.15, 0.2) is 0 Å². The van der Waals surface area contributed by atoms with Crippen LogP contribution < -0.4 is 5.32 Å². The predicted molar refractivity (Wildman–Crippen MR) is 81.7 cm³/mol. The van der Waals surface area contributed by atoms with E-state index in [2.05, 4.69) is 53.5 Å². The third-order valence-electron chi connectivity index (χ3n) is 3.73. The van der Waals surface area contributed by atoms with E-state index < -0.39 is 0 Å². The smallest absolute Gasteiger partial charge is 0.138 e. The van der Waals surface area contributed by atoms with Gasteiger partial charge in [0.2, 0.25) is 0 Å². The first-order chi connectivity index (χ1) is 9.72. The minimum Gasteiger partial charge on any atom is -0.317 e. The van der Waals surface area contributed by atoms with Crippen LogP contribution in [0.5, 0.6) is 0 Å². The molecule has 2 rings (SSSR count). The molecular formula is C16H24N4. The fourth-order valence-corrected chi connectivity index (χ4v) is 2.37. The molecule has 1 aromatic heterocycles. The van der Waals surface area contributed by atoms with Gasteiger partial charge in [-0.25, -0.2) is 4.98 Å². The topological polar surface area (TPSA) is 42.7 Å². The van der Waals surface area contributed by atoms with Crippen molar-refractivity contribution < 1.29 is 0 Å². The van der Waals surface area contributed by atoms with Crippen LogP contribution in [0.25, 0.3) is 0 Å². The van der Waals surface area contributed by atoms with Crippen LogP contribution in [0.15, 0.2) is 30.6 Å². The van der Waals surface area contributed by atoms with Crippen molar-refractivity contribution in [2.45, 2.75) is 45.7 Å². The number of nitrogens with zero attached hydrogens (tertiary/aromatic N) is 3. The van der Waals surface area contributed by atoms with Crippen LogP contribution in [0.4, 0.5) is 0 Å². The maximum Gasteiger partial charge on any atom is 0.138 e. The monoisotopic (exact) mass is 272 g/mol. The van der Waals surface area contributed by atoms with Crippen molar-refractivity contribution in [1.29, 1.82) is 0 Å². The quantitative estimate of drug-likeness (QED) is 0.841.